The molecule has 2 heterocycles. The van der Waals surface area contributed by atoms with Gasteiger partial charge in [-0.05, 0) is 37.3 Å². The van der Waals surface area contributed by atoms with Crippen molar-refractivity contribution in [3.63, 3.8) is 0 Å². The summed E-state index contributed by atoms with van der Waals surface area (Å²) in [4.78, 5) is 0. The summed E-state index contributed by atoms with van der Waals surface area (Å²) in [5, 5.41) is 6.99. The maximum Gasteiger partial charge on any atom is 0.143 e. The Morgan fingerprint density at radius 1 is 1.35 bits per heavy atom. The fraction of sp³-hybridized carbons (Fsp3) is 0.833. The van der Waals surface area contributed by atoms with Crippen LogP contribution in [-0.4, -0.2) is 23.5 Å². The zero-order valence-corrected chi connectivity index (χ0v) is 12.3. The van der Waals surface area contributed by atoms with Gasteiger partial charge in [0.15, 0.2) is 0 Å². The highest BCUT2D eigenvalue weighted by molar-refractivity contribution is 6.52. The summed E-state index contributed by atoms with van der Waals surface area (Å²) in [6, 6.07) is 0.281. The number of halogens is 3. The highest BCUT2D eigenvalue weighted by atomic mass is 35.5. The SMILES string of the molecule is CC1C/C(=C2/CCCNC2)NC2C1C2(Cl)Cl.Cl. The fourth-order valence-electron chi connectivity index (χ4n) is 3.20. The van der Waals surface area contributed by atoms with Gasteiger partial charge >= 0.3 is 0 Å². The van der Waals surface area contributed by atoms with Crippen LogP contribution >= 0.6 is 35.6 Å². The molecule has 0 spiro atoms. The highest BCUT2D eigenvalue weighted by Crippen LogP contribution is 2.60. The largest absolute Gasteiger partial charge is 0.382 e. The predicted molar refractivity (Wildman–Crippen MR) is 75.0 cm³/mol. The van der Waals surface area contributed by atoms with Crippen LogP contribution in [0.25, 0.3) is 0 Å². The van der Waals surface area contributed by atoms with Crippen molar-refractivity contribution < 1.29 is 0 Å². The van der Waals surface area contributed by atoms with Crippen molar-refractivity contribution in [3.05, 3.63) is 11.3 Å². The predicted octanol–water partition coefficient (Wildman–Crippen LogP) is 2.85. The zero-order chi connectivity index (χ0) is 11.3. The third-order valence-corrected chi connectivity index (χ3v) is 5.15. The van der Waals surface area contributed by atoms with E-state index in [4.69, 9.17) is 23.2 Å². The van der Waals surface area contributed by atoms with Gasteiger partial charge in [0.2, 0.25) is 0 Å². The molecule has 3 fully saturated rings. The molecule has 0 radical (unpaired) electrons. The molecule has 0 aromatic rings. The second-order valence-corrected chi connectivity index (χ2v) is 6.81. The van der Waals surface area contributed by atoms with Gasteiger partial charge in [0.05, 0.1) is 6.04 Å². The first kappa shape index (κ1) is 13.8. The molecular weight excluding hydrogens is 279 g/mol. The Bertz CT molecular complexity index is 333. The van der Waals surface area contributed by atoms with Gasteiger partial charge in [-0.25, -0.2) is 0 Å². The van der Waals surface area contributed by atoms with Crippen LogP contribution in [0.3, 0.4) is 0 Å². The van der Waals surface area contributed by atoms with E-state index in [2.05, 4.69) is 17.6 Å². The normalized spacial score (nSPS) is 43.1. The van der Waals surface area contributed by atoms with Crippen LogP contribution in [0, 0.1) is 11.8 Å². The maximum absolute atomic E-state index is 6.28. The molecule has 2 saturated heterocycles. The minimum Gasteiger partial charge on any atom is -0.382 e. The van der Waals surface area contributed by atoms with Crippen LogP contribution in [0.1, 0.15) is 26.2 Å². The molecule has 2 N–H and O–H groups in total. The Hall–Kier alpha value is 0.370. The van der Waals surface area contributed by atoms with Gasteiger partial charge in [-0.15, -0.1) is 12.4 Å². The standard InChI is InChI=1S/C12H18Cl2N2.ClH/c1-7-5-9(8-3-2-4-15-6-8)16-11-10(7)12(11,13)14;/h7,10-11,15-16H,2-6H2,1H3;1H/b9-8+;. The van der Waals surface area contributed by atoms with Crippen molar-refractivity contribution in [1.82, 2.24) is 10.6 Å². The molecule has 2 nitrogen and oxygen atoms in total. The van der Waals surface area contributed by atoms with Gasteiger partial charge in [0.1, 0.15) is 4.33 Å². The van der Waals surface area contributed by atoms with E-state index in [0.29, 0.717) is 11.8 Å². The van der Waals surface area contributed by atoms with E-state index in [0.717, 1.165) is 19.5 Å². The van der Waals surface area contributed by atoms with Gasteiger partial charge in [0, 0.05) is 18.2 Å². The Labute approximate surface area is 119 Å². The zero-order valence-electron chi connectivity index (χ0n) is 9.93. The molecule has 0 aromatic carbocycles. The highest BCUT2D eigenvalue weighted by Gasteiger charge is 2.67. The second kappa shape index (κ2) is 4.80. The van der Waals surface area contributed by atoms with Crippen molar-refractivity contribution in [2.45, 2.75) is 36.6 Å². The molecule has 5 heteroatoms. The number of hydrogen-bond acceptors (Lipinski definition) is 2. The van der Waals surface area contributed by atoms with Crippen LogP contribution in [0.15, 0.2) is 11.3 Å². The molecule has 2 aliphatic heterocycles. The first-order chi connectivity index (χ1) is 7.60. The Morgan fingerprint density at radius 3 is 2.71 bits per heavy atom. The molecule has 0 amide bonds. The van der Waals surface area contributed by atoms with E-state index < -0.39 is 4.33 Å². The first-order valence-corrected chi connectivity index (χ1v) is 6.92. The van der Waals surface area contributed by atoms with Crippen LogP contribution in [0.2, 0.25) is 0 Å². The smallest absolute Gasteiger partial charge is 0.143 e. The van der Waals surface area contributed by atoms with E-state index in [1.807, 2.05) is 0 Å². The maximum atomic E-state index is 6.28. The summed E-state index contributed by atoms with van der Waals surface area (Å²) >= 11 is 12.6. The topological polar surface area (TPSA) is 24.1 Å². The number of alkyl halides is 2. The molecule has 0 bridgehead atoms. The minimum atomic E-state index is -0.524. The van der Waals surface area contributed by atoms with E-state index in [9.17, 15) is 0 Å². The van der Waals surface area contributed by atoms with Crippen LogP contribution in [-0.2, 0) is 0 Å². The van der Waals surface area contributed by atoms with E-state index >= 15 is 0 Å². The quantitative estimate of drug-likeness (QED) is 0.672. The van der Waals surface area contributed by atoms with Crippen molar-refractivity contribution in [3.8, 4) is 0 Å². The number of nitrogens with one attached hydrogen (secondary N) is 2. The summed E-state index contributed by atoms with van der Waals surface area (Å²) in [5.41, 5.74) is 2.94. The average molecular weight is 298 g/mol. The van der Waals surface area contributed by atoms with Crippen molar-refractivity contribution in [2.75, 3.05) is 13.1 Å². The second-order valence-electron chi connectivity index (χ2n) is 5.37. The summed E-state index contributed by atoms with van der Waals surface area (Å²) in [5.74, 6) is 1.04. The van der Waals surface area contributed by atoms with Gasteiger partial charge in [0.25, 0.3) is 0 Å². The lowest BCUT2D eigenvalue weighted by Crippen LogP contribution is -2.33. The number of fused-ring (bicyclic) bond motifs is 1. The number of allylic oxidation sites excluding steroid dienone is 1. The molecule has 3 aliphatic rings. The van der Waals surface area contributed by atoms with Gasteiger partial charge in [-0.1, -0.05) is 30.1 Å². The van der Waals surface area contributed by atoms with Crippen molar-refractivity contribution in [2.24, 2.45) is 11.8 Å². The summed E-state index contributed by atoms with van der Waals surface area (Å²) in [6.45, 7) is 4.44. The summed E-state index contributed by atoms with van der Waals surface area (Å²) < 4.78 is -0.524. The molecule has 98 valence electrons. The van der Waals surface area contributed by atoms with E-state index in [1.54, 1.807) is 0 Å². The van der Waals surface area contributed by atoms with Crippen LogP contribution in [0.5, 0.6) is 0 Å². The fourth-order valence-corrected chi connectivity index (χ4v) is 4.14. The van der Waals surface area contributed by atoms with Crippen molar-refractivity contribution >= 4 is 35.6 Å². The lowest BCUT2D eigenvalue weighted by molar-refractivity contribution is 0.416. The molecular formula is C12H19Cl3N2. The van der Waals surface area contributed by atoms with Crippen LogP contribution < -0.4 is 10.6 Å². The molecule has 0 aromatic heterocycles. The third-order valence-electron chi connectivity index (χ3n) is 4.18. The van der Waals surface area contributed by atoms with Crippen LogP contribution in [0.4, 0.5) is 0 Å². The summed E-state index contributed by atoms with van der Waals surface area (Å²) in [7, 11) is 0. The minimum absolute atomic E-state index is 0. The third kappa shape index (κ3) is 2.30. The number of hydrogen-bond donors (Lipinski definition) is 2. The lowest BCUT2D eigenvalue weighted by atomic mass is 9.92. The number of piperidine rings is 2. The number of rotatable bonds is 0. The molecule has 3 rings (SSSR count). The lowest BCUT2D eigenvalue weighted by Gasteiger charge is -2.27. The van der Waals surface area contributed by atoms with Crippen molar-refractivity contribution in [1.29, 1.82) is 0 Å². The molecule has 17 heavy (non-hydrogen) atoms. The van der Waals surface area contributed by atoms with Gasteiger partial charge in [-0.2, -0.15) is 0 Å². The van der Waals surface area contributed by atoms with Gasteiger partial charge < -0.3 is 10.6 Å². The Balaban J connectivity index is 0.00000108. The first-order valence-electron chi connectivity index (χ1n) is 6.16. The molecule has 1 saturated carbocycles. The molecule has 3 atom stereocenters. The van der Waals surface area contributed by atoms with E-state index in [1.165, 1.54) is 24.1 Å². The Morgan fingerprint density at radius 2 is 2.12 bits per heavy atom. The molecule has 3 unspecified atom stereocenters. The Kier molecular flexibility index (Phi) is 3.90. The monoisotopic (exact) mass is 296 g/mol. The van der Waals surface area contributed by atoms with E-state index in [-0.39, 0.29) is 18.4 Å². The van der Waals surface area contributed by atoms with Gasteiger partial charge in [-0.3, -0.25) is 0 Å². The summed E-state index contributed by atoms with van der Waals surface area (Å²) in [6.07, 6.45) is 3.58. The molecule has 1 aliphatic carbocycles. The average Bonchev–Trinajstić information content (AvgIpc) is 2.83.